The highest BCUT2D eigenvalue weighted by molar-refractivity contribution is 7.17. The van der Waals surface area contributed by atoms with Crippen molar-refractivity contribution in [2.45, 2.75) is 25.4 Å². The van der Waals surface area contributed by atoms with Crippen molar-refractivity contribution in [1.29, 1.82) is 0 Å². The van der Waals surface area contributed by atoms with E-state index < -0.39 is 0 Å². The predicted molar refractivity (Wildman–Crippen MR) is 77.3 cm³/mol. The van der Waals surface area contributed by atoms with Crippen LogP contribution >= 0.6 is 11.3 Å². The molecule has 1 aliphatic carbocycles. The van der Waals surface area contributed by atoms with Crippen molar-refractivity contribution < 1.29 is 0 Å². The molecule has 0 radical (unpaired) electrons. The highest BCUT2D eigenvalue weighted by atomic mass is 32.1. The molecule has 5 nitrogen and oxygen atoms in total. The van der Waals surface area contributed by atoms with Gasteiger partial charge in [-0.1, -0.05) is 0 Å². The molecule has 0 saturated heterocycles. The lowest BCUT2D eigenvalue weighted by Gasteiger charge is -2.26. The van der Waals surface area contributed by atoms with Gasteiger partial charge < -0.3 is 10.7 Å². The average molecular weight is 278 g/mol. The number of rotatable bonds is 5. The van der Waals surface area contributed by atoms with E-state index in [-0.39, 0.29) is 5.56 Å². The maximum Gasteiger partial charge on any atom is 0.268 e. The van der Waals surface area contributed by atoms with Crippen LogP contribution in [-0.2, 0) is 6.54 Å². The highest BCUT2D eigenvalue weighted by Gasteiger charge is 2.32. The second-order valence-corrected chi connectivity index (χ2v) is 6.12. The number of thiophene rings is 1. The third-order valence-corrected chi connectivity index (χ3v) is 4.64. The van der Waals surface area contributed by atoms with Gasteiger partial charge in [-0.2, -0.15) is 0 Å². The normalized spacial score (nSPS) is 17.2. The van der Waals surface area contributed by atoms with Crippen LogP contribution in [-0.4, -0.2) is 34.5 Å². The number of likely N-dealkylation sites (N-methyl/N-ethyl adjacent to an activating group) is 1. The second-order valence-electron chi connectivity index (χ2n) is 5.20. The van der Waals surface area contributed by atoms with Gasteiger partial charge in [0.25, 0.3) is 5.56 Å². The summed E-state index contributed by atoms with van der Waals surface area (Å²) in [5.74, 6) is 1.43. The van der Waals surface area contributed by atoms with E-state index in [1.165, 1.54) is 24.2 Å². The van der Waals surface area contributed by atoms with Crippen molar-refractivity contribution in [3.05, 3.63) is 27.6 Å². The van der Waals surface area contributed by atoms with Gasteiger partial charge in [-0.25, -0.2) is 4.98 Å². The minimum absolute atomic E-state index is 0.0425. The number of hydrogen-bond acceptors (Lipinski definition) is 5. The first-order valence-corrected chi connectivity index (χ1v) is 7.43. The summed E-state index contributed by atoms with van der Waals surface area (Å²) in [6.07, 6.45) is 2.53. The minimum Gasteiger partial charge on any atom is -0.329 e. The summed E-state index contributed by atoms with van der Waals surface area (Å²) < 4.78 is 0.698. The maximum atomic E-state index is 11.9. The Morgan fingerprint density at radius 2 is 2.42 bits per heavy atom. The van der Waals surface area contributed by atoms with Crippen molar-refractivity contribution in [3.63, 3.8) is 0 Å². The van der Waals surface area contributed by atoms with E-state index in [1.54, 1.807) is 0 Å². The van der Waals surface area contributed by atoms with Gasteiger partial charge in [0.1, 0.15) is 10.5 Å². The lowest BCUT2D eigenvalue weighted by molar-refractivity contribution is 0.211. The van der Waals surface area contributed by atoms with Crippen LogP contribution in [0.5, 0.6) is 0 Å². The Hall–Kier alpha value is -1.24. The Labute approximate surface area is 115 Å². The van der Waals surface area contributed by atoms with E-state index in [9.17, 15) is 4.79 Å². The van der Waals surface area contributed by atoms with Crippen LogP contribution in [0.25, 0.3) is 10.2 Å². The fourth-order valence-electron chi connectivity index (χ4n) is 2.56. The lowest BCUT2D eigenvalue weighted by Crippen LogP contribution is -2.39. The number of hydrogen-bond donors (Lipinski definition) is 2. The van der Waals surface area contributed by atoms with Crippen LogP contribution < -0.4 is 11.3 Å². The first-order chi connectivity index (χ1) is 9.19. The average Bonchev–Trinajstić information content (AvgIpc) is 3.07. The second kappa shape index (κ2) is 5.03. The zero-order valence-electron chi connectivity index (χ0n) is 10.9. The monoisotopic (exact) mass is 278 g/mol. The molecule has 2 aromatic heterocycles. The molecule has 0 bridgehead atoms. The highest BCUT2D eigenvalue weighted by Crippen LogP contribution is 2.34. The molecule has 1 atom stereocenters. The zero-order chi connectivity index (χ0) is 13.4. The Kier molecular flexibility index (Phi) is 3.38. The van der Waals surface area contributed by atoms with Crippen molar-refractivity contribution in [1.82, 2.24) is 14.9 Å². The van der Waals surface area contributed by atoms with Crippen molar-refractivity contribution in [2.24, 2.45) is 11.7 Å². The van der Waals surface area contributed by atoms with Gasteiger partial charge in [-0.3, -0.25) is 9.69 Å². The Morgan fingerprint density at radius 1 is 1.63 bits per heavy atom. The van der Waals surface area contributed by atoms with Gasteiger partial charge in [-0.15, -0.1) is 11.3 Å². The van der Waals surface area contributed by atoms with Crippen LogP contribution in [0.15, 0.2) is 16.2 Å². The van der Waals surface area contributed by atoms with Crippen molar-refractivity contribution in [2.75, 3.05) is 13.6 Å². The molecular formula is C13H18N4OS. The molecule has 0 aliphatic heterocycles. The summed E-state index contributed by atoms with van der Waals surface area (Å²) in [6, 6.07) is 2.28. The van der Waals surface area contributed by atoms with Gasteiger partial charge in [0.2, 0.25) is 0 Å². The molecule has 2 heterocycles. The Morgan fingerprint density at radius 3 is 3.11 bits per heavy atom. The van der Waals surface area contributed by atoms with E-state index in [2.05, 4.69) is 14.9 Å². The summed E-state index contributed by atoms with van der Waals surface area (Å²) in [4.78, 5) is 21.5. The van der Waals surface area contributed by atoms with E-state index in [1.807, 2.05) is 18.5 Å². The number of aromatic amines is 1. The van der Waals surface area contributed by atoms with E-state index in [0.717, 1.165) is 11.3 Å². The van der Waals surface area contributed by atoms with Gasteiger partial charge in [-0.05, 0) is 37.3 Å². The largest absolute Gasteiger partial charge is 0.329 e. The van der Waals surface area contributed by atoms with Crippen LogP contribution in [0.3, 0.4) is 0 Å². The summed E-state index contributed by atoms with van der Waals surface area (Å²) in [5.41, 5.74) is 6.58. The Balaban J connectivity index is 1.82. The number of aromatic nitrogens is 2. The summed E-state index contributed by atoms with van der Waals surface area (Å²) in [6.45, 7) is 1.30. The Bertz CT molecular complexity index is 631. The molecule has 6 heteroatoms. The third kappa shape index (κ3) is 2.56. The fraction of sp³-hybridized carbons (Fsp3) is 0.538. The standard InChI is InChI=1S/C13H18N4OS/c1-17(10(6-14)8-2-3-8)7-11-15-9-4-5-19-12(9)13(18)16-11/h4-5,8,10H,2-3,6-7,14H2,1H3,(H,15,16,18). The molecule has 1 aliphatic rings. The van der Waals surface area contributed by atoms with Gasteiger partial charge in [0.15, 0.2) is 0 Å². The minimum atomic E-state index is -0.0425. The van der Waals surface area contributed by atoms with Crippen LogP contribution in [0.1, 0.15) is 18.7 Å². The van der Waals surface area contributed by atoms with Crippen molar-refractivity contribution >= 4 is 21.6 Å². The SMILES string of the molecule is CN(Cc1nc2ccsc2c(=O)[nH]1)C(CN)C1CC1. The lowest BCUT2D eigenvalue weighted by atomic mass is 10.1. The molecule has 1 unspecified atom stereocenters. The number of fused-ring (bicyclic) bond motifs is 1. The van der Waals surface area contributed by atoms with Gasteiger partial charge >= 0.3 is 0 Å². The quantitative estimate of drug-likeness (QED) is 0.860. The summed E-state index contributed by atoms with van der Waals surface area (Å²) >= 11 is 1.43. The maximum absolute atomic E-state index is 11.9. The summed E-state index contributed by atoms with van der Waals surface area (Å²) in [7, 11) is 2.05. The smallest absolute Gasteiger partial charge is 0.268 e. The molecule has 2 aromatic rings. The number of nitrogens with zero attached hydrogens (tertiary/aromatic N) is 2. The molecular weight excluding hydrogens is 260 g/mol. The summed E-state index contributed by atoms with van der Waals surface area (Å²) in [5, 5.41) is 1.90. The first-order valence-electron chi connectivity index (χ1n) is 6.55. The topological polar surface area (TPSA) is 75.0 Å². The number of H-pyrrole nitrogens is 1. The third-order valence-electron chi connectivity index (χ3n) is 3.74. The zero-order valence-corrected chi connectivity index (χ0v) is 11.7. The molecule has 3 N–H and O–H groups in total. The molecule has 0 aromatic carbocycles. The predicted octanol–water partition coefficient (Wildman–Crippen LogP) is 1.15. The van der Waals surface area contributed by atoms with Gasteiger partial charge in [0, 0.05) is 12.6 Å². The van der Waals surface area contributed by atoms with Crippen LogP contribution in [0.4, 0.5) is 0 Å². The fourth-order valence-corrected chi connectivity index (χ4v) is 3.29. The van der Waals surface area contributed by atoms with E-state index >= 15 is 0 Å². The van der Waals surface area contributed by atoms with E-state index in [0.29, 0.717) is 29.7 Å². The molecule has 102 valence electrons. The molecule has 19 heavy (non-hydrogen) atoms. The number of nitrogens with one attached hydrogen (secondary N) is 1. The molecule has 1 saturated carbocycles. The molecule has 0 spiro atoms. The van der Waals surface area contributed by atoms with Gasteiger partial charge in [0.05, 0.1) is 12.1 Å². The van der Waals surface area contributed by atoms with Crippen LogP contribution in [0.2, 0.25) is 0 Å². The van der Waals surface area contributed by atoms with Crippen LogP contribution in [0, 0.1) is 5.92 Å². The van der Waals surface area contributed by atoms with E-state index in [4.69, 9.17) is 5.73 Å². The molecule has 1 fully saturated rings. The first kappa shape index (κ1) is 12.8. The molecule has 0 amide bonds. The molecule has 3 rings (SSSR count). The number of nitrogens with two attached hydrogens (primary N) is 1. The van der Waals surface area contributed by atoms with Crippen molar-refractivity contribution in [3.8, 4) is 0 Å².